The summed E-state index contributed by atoms with van der Waals surface area (Å²) in [6.45, 7) is 5.40. The molecule has 0 spiro atoms. The fourth-order valence-corrected chi connectivity index (χ4v) is 6.36. The van der Waals surface area contributed by atoms with Crippen molar-refractivity contribution in [3.05, 3.63) is 16.8 Å². The maximum atomic E-state index is 12.7. The zero-order chi connectivity index (χ0) is 17.4. The summed E-state index contributed by atoms with van der Waals surface area (Å²) in [5.74, 6) is 1.49. The van der Waals surface area contributed by atoms with Gasteiger partial charge in [0.05, 0.1) is 5.75 Å². The van der Waals surface area contributed by atoms with E-state index in [9.17, 15) is 4.79 Å². The minimum absolute atomic E-state index is 0.252. The number of carbonyl (C=O) groups is 1. The Labute approximate surface area is 157 Å². The minimum atomic E-state index is 0.252. The molecule has 1 fully saturated rings. The van der Waals surface area contributed by atoms with Crippen molar-refractivity contribution in [2.24, 2.45) is 5.92 Å². The third-order valence-corrected chi connectivity index (χ3v) is 7.65. The average molecular weight is 376 g/mol. The SMILES string of the molecule is C[C@H]1CCc2c(sc3ncnc(SCC(=O)N4CCCC[C@@H]4C)c23)C1. The highest BCUT2D eigenvalue weighted by Gasteiger charge is 2.25. The van der Waals surface area contributed by atoms with E-state index in [4.69, 9.17) is 0 Å². The monoisotopic (exact) mass is 375 g/mol. The molecule has 2 atom stereocenters. The summed E-state index contributed by atoms with van der Waals surface area (Å²) < 4.78 is 0. The van der Waals surface area contributed by atoms with Gasteiger partial charge < -0.3 is 4.90 Å². The summed E-state index contributed by atoms with van der Waals surface area (Å²) in [4.78, 5) is 26.3. The zero-order valence-corrected chi connectivity index (χ0v) is 16.6. The molecule has 2 aliphatic rings. The smallest absolute Gasteiger partial charge is 0.233 e. The molecule has 1 aliphatic heterocycles. The number of likely N-dealkylation sites (tertiary alicyclic amines) is 1. The molecule has 25 heavy (non-hydrogen) atoms. The largest absolute Gasteiger partial charge is 0.339 e. The third kappa shape index (κ3) is 3.43. The fourth-order valence-electron chi connectivity index (χ4n) is 4.04. The first-order valence-electron chi connectivity index (χ1n) is 9.31. The molecule has 4 nitrogen and oxygen atoms in total. The van der Waals surface area contributed by atoms with Gasteiger partial charge in [-0.15, -0.1) is 11.3 Å². The molecule has 134 valence electrons. The number of hydrogen-bond acceptors (Lipinski definition) is 5. The molecular formula is C19H25N3OS2. The van der Waals surface area contributed by atoms with E-state index >= 15 is 0 Å². The van der Waals surface area contributed by atoms with Crippen molar-refractivity contribution in [3.63, 3.8) is 0 Å². The molecule has 0 unspecified atom stereocenters. The summed E-state index contributed by atoms with van der Waals surface area (Å²) in [5, 5.41) is 2.22. The lowest BCUT2D eigenvalue weighted by Crippen LogP contribution is -2.42. The van der Waals surface area contributed by atoms with Crippen LogP contribution in [0, 0.1) is 5.92 Å². The van der Waals surface area contributed by atoms with Crippen LogP contribution in [0.4, 0.5) is 0 Å². The standard InChI is InChI=1S/C19H25N3OS2/c1-12-6-7-14-15(9-12)25-19-17(14)18(20-11-21-19)24-10-16(23)22-8-4-3-5-13(22)2/h11-13H,3-10H2,1-2H3/t12-,13-/m0/s1. The number of amides is 1. The number of thioether (sulfide) groups is 1. The molecule has 4 rings (SSSR count). The van der Waals surface area contributed by atoms with Gasteiger partial charge in [0.2, 0.25) is 5.91 Å². The highest BCUT2D eigenvalue weighted by Crippen LogP contribution is 2.40. The van der Waals surface area contributed by atoms with Crippen molar-refractivity contribution in [2.75, 3.05) is 12.3 Å². The van der Waals surface area contributed by atoms with E-state index in [0.29, 0.717) is 11.8 Å². The van der Waals surface area contributed by atoms with Gasteiger partial charge in [0.15, 0.2) is 0 Å². The number of hydrogen-bond donors (Lipinski definition) is 0. The van der Waals surface area contributed by atoms with Gasteiger partial charge in [0.25, 0.3) is 0 Å². The minimum Gasteiger partial charge on any atom is -0.339 e. The second-order valence-corrected chi connectivity index (χ2v) is 9.48. The normalized spacial score (nSPS) is 23.7. The predicted molar refractivity (Wildman–Crippen MR) is 104 cm³/mol. The summed E-state index contributed by atoms with van der Waals surface area (Å²) in [6, 6.07) is 0.377. The van der Waals surface area contributed by atoms with E-state index in [1.807, 2.05) is 11.3 Å². The van der Waals surface area contributed by atoms with Crippen LogP contribution in [0.3, 0.4) is 0 Å². The quantitative estimate of drug-likeness (QED) is 0.592. The molecule has 1 aliphatic carbocycles. The molecule has 0 N–H and O–H groups in total. The zero-order valence-electron chi connectivity index (χ0n) is 15.0. The summed E-state index contributed by atoms with van der Waals surface area (Å²) in [7, 11) is 0. The van der Waals surface area contributed by atoms with Crippen LogP contribution >= 0.6 is 23.1 Å². The Morgan fingerprint density at radius 1 is 1.32 bits per heavy atom. The van der Waals surface area contributed by atoms with Gasteiger partial charge in [-0.2, -0.15) is 0 Å². The van der Waals surface area contributed by atoms with Crippen LogP contribution in [0.1, 0.15) is 50.0 Å². The van der Waals surface area contributed by atoms with E-state index in [2.05, 4.69) is 28.7 Å². The average Bonchev–Trinajstić information content (AvgIpc) is 2.98. The lowest BCUT2D eigenvalue weighted by molar-refractivity contribution is -0.131. The summed E-state index contributed by atoms with van der Waals surface area (Å²) in [6.07, 6.45) is 8.68. The van der Waals surface area contributed by atoms with Gasteiger partial charge in [-0.3, -0.25) is 4.79 Å². The Morgan fingerprint density at radius 3 is 3.04 bits per heavy atom. The third-order valence-electron chi connectivity index (χ3n) is 5.51. The Morgan fingerprint density at radius 2 is 2.20 bits per heavy atom. The second kappa shape index (κ2) is 7.23. The van der Waals surface area contributed by atoms with E-state index < -0.39 is 0 Å². The van der Waals surface area contributed by atoms with Crippen molar-refractivity contribution >= 4 is 39.2 Å². The Bertz CT molecular complexity index is 788. The molecule has 0 bridgehead atoms. The van der Waals surface area contributed by atoms with Gasteiger partial charge in [-0.1, -0.05) is 18.7 Å². The number of rotatable bonds is 3. The maximum absolute atomic E-state index is 12.7. The first kappa shape index (κ1) is 17.3. The fraction of sp³-hybridized carbons (Fsp3) is 0.632. The van der Waals surface area contributed by atoms with Crippen molar-refractivity contribution in [1.82, 2.24) is 14.9 Å². The van der Waals surface area contributed by atoms with E-state index in [0.717, 1.165) is 48.0 Å². The molecule has 1 saturated heterocycles. The highest BCUT2D eigenvalue weighted by molar-refractivity contribution is 8.00. The predicted octanol–water partition coefficient (Wildman–Crippen LogP) is 4.31. The van der Waals surface area contributed by atoms with Gasteiger partial charge >= 0.3 is 0 Å². The number of piperidine rings is 1. The van der Waals surface area contributed by atoms with Crippen LogP contribution in [0.25, 0.3) is 10.2 Å². The number of aryl methyl sites for hydroxylation is 1. The lowest BCUT2D eigenvalue weighted by atomic mass is 9.89. The lowest BCUT2D eigenvalue weighted by Gasteiger charge is -2.33. The van der Waals surface area contributed by atoms with Crippen molar-refractivity contribution in [2.45, 2.75) is 63.4 Å². The van der Waals surface area contributed by atoms with Crippen molar-refractivity contribution in [3.8, 4) is 0 Å². The molecule has 0 radical (unpaired) electrons. The molecule has 2 aromatic rings. The molecule has 3 heterocycles. The maximum Gasteiger partial charge on any atom is 0.233 e. The molecule has 0 aromatic carbocycles. The molecule has 0 saturated carbocycles. The van der Waals surface area contributed by atoms with Crippen molar-refractivity contribution < 1.29 is 4.79 Å². The van der Waals surface area contributed by atoms with Crippen LogP contribution < -0.4 is 0 Å². The molecule has 2 aromatic heterocycles. The number of fused-ring (bicyclic) bond motifs is 3. The number of aromatic nitrogens is 2. The van der Waals surface area contributed by atoms with Crippen molar-refractivity contribution in [1.29, 1.82) is 0 Å². The topological polar surface area (TPSA) is 46.1 Å². The number of nitrogens with zero attached hydrogens (tertiary/aromatic N) is 3. The number of thiophene rings is 1. The second-order valence-electron chi connectivity index (χ2n) is 7.43. The van der Waals surface area contributed by atoms with Gasteiger partial charge in [0.1, 0.15) is 16.2 Å². The summed E-state index contributed by atoms with van der Waals surface area (Å²) >= 11 is 3.42. The van der Waals surface area contributed by atoms with E-state index in [-0.39, 0.29) is 5.91 Å². The Kier molecular flexibility index (Phi) is 5.00. The Balaban J connectivity index is 1.54. The first-order chi connectivity index (χ1) is 12.1. The van der Waals surface area contributed by atoms with E-state index in [1.165, 1.54) is 28.7 Å². The number of carbonyl (C=O) groups excluding carboxylic acids is 1. The van der Waals surface area contributed by atoms with Crippen LogP contribution in [-0.2, 0) is 17.6 Å². The van der Waals surface area contributed by atoms with E-state index in [1.54, 1.807) is 18.1 Å². The van der Waals surface area contributed by atoms with Gasteiger partial charge in [0, 0.05) is 22.8 Å². The van der Waals surface area contributed by atoms with Gasteiger partial charge in [-0.05, 0) is 56.9 Å². The van der Waals surface area contributed by atoms with Crippen LogP contribution in [-0.4, -0.2) is 39.1 Å². The van der Waals surface area contributed by atoms with Crippen LogP contribution in [0.15, 0.2) is 11.4 Å². The molecule has 6 heteroatoms. The summed E-state index contributed by atoms with van der Waals surface area (Å²) in [5.41, 5.74) is 1.44. The molecule has 1 amide bonds. The highest BCUT2D eigenvalue weighted by atomic mass is 32.2. The van der Waals surface area contributed by atoms with Gasteiger partial charge in [-0.25, -0.2) is 9.97 Å². The first-order valence-corrected chi connectivity index (χ1v) is 11.1. The Hall–Kier alpha value is -1.14. The van der Waals surface area contributed by atoms with Crippen LogP contribution in [0.2, 0.25) is 0 Å². The van der Waals surface area contributed by atoms with Crippen LogP contribution in [0.5, 0.6) is 0 Å². The molecular weight excluding hydrogens is 350 g/mol.